The number of benzene rings is 1. The van der Waals surface area contributed by atoms with Gasteiger partial charge in [0.05, 0.1) is 7.11 Å². The molecule has 0 bridgehead atoms. The van der Waals surface area contributed by atoms with Crippen LogP contribution in [0.3, 0.4) is 0 Å². The SMILES string of the molecule is COc1cccc2c1CCC(CCCCCC(=O)O)C2=O. The molecule has 0 saturated heterocycles. The Kier molecular flexibility index (Phi) is 5.37. The molecule has 0 radical (unpaired) electrons. The summed E-state index contributed by atoms with van der Waals surface area (Å²) in [4.78, 5) is 23.0. The Morgan fingerprint density at radius 2 is 2.14 bits per heavy atom. The summed E-state index contributed by atoms with van der Waals surface area (Å²) < 4.78 is 5.32. The Morgan fingerprint density at radius 1 is 1.33 bits per heavy atom. The molecule has 2 rings (SSSR count). The van der Waals surface area contributed by atoms with Crippen LogP contribution < -0.4 is 4.74 Å². The first-order valence-electron chi connectivity index (χ1n) is 7.55. The van der Waals surface area contributed by atoms with Gasteiger partial charge in [0.25, 0.3) is 0 Å². The highest BCUT2D eigenvalue weighted by molar-refractivity contribution is 6.00. The average molecular weight is 290 g/mol. The third-order valence-electron chi connectivity index (χ3n) is 4.18. The maximum atomic E-state index is 12.5. The van der Waals surface area contributed by atoms with E-state index in [1.165, 1.54) is 0 Å². The third-order valence-corrected chi connectivity index (χ3v) is 4.18. The fraction of sp³-hybridized carbons (Fsp3) is 0.529. The number of hydrogen-bond acceptors (Lipinski definition) is 3. The summed E-state index contributed by atoms with van der Waals surface area (Å²) >= 11 is 0. The van der Waals surface area contributed by atoms with Gasteiger partial charge < -0.3 is 9.84 Å². The van der Waals surface area contributed by atoms with Crippen LogP contribution in [0.15, 0.2) is 18.2 Å². The van der Waals surface area contributed by atoms with Gasteiger partial charge in [-0.1, -0.05) is 25.0 Å². The van der Waals surface area contributed by atoms with Crippen LogP contribution in [0.5, 0.6) is 5.75 Å². The Hall–Kier alpha value is -1.84. The number of methoxy groups -OCH3 is 1. The van der Waals surface area contributed by atoms with Gasteiger partial charge >= 0.3 is 5.97 Å². The number of ketones is 1. The number of Topliss-reactive ketones (excluding diaryl/α,β-unsaturated/α-hetero) is 1. The van der Waals surface area contributed by atoms with Gasteiger partial charge in [-0.05, 0) is 31.7 Å². The van der Waals surface area contributed by atoms with E-state index in [9.17, 15) is 9.59 Å². The number of hydrogen-bond donors (Lipinski definition) is 1. The maximum absolute atomic E-state index is 12.5. The van der Waals surface area contributed by atoms with E-state index in [4.69, 9.17) is 9.84 Å². The van der Waals surface area contributed by atoms with E-state index in [-0.39, 0.29) is 18.1 Å². The average Bonchev–Trinajstić information content (AvgIpc) is 2.48. The first-order valence-corrected chi connectivity index (χ1v) is 7.55. The van der Waals surface area contributed by atoms with Gasteiger partial charge in [0, 0.05) is 23.5 Å². The fourth-order valence-electron chi connectivity index (χ4n) is 3.03. The standard InChI is InChI=1S/C17H22O4/c1-21-15-8-5-7-14-13(15)11-10-12(17(14)20)6-3-2-4-9-16(18)19/h5,7-8,12H,2-4,6,9-11H2,1H3,(H,18,19). The molecule has 4 heteroatoms. The van der Waals surface area contributed by atoms with Crippen LogP contribution in [0.4, 0.5) is 0 Å². The summed E-state index contributed by atoms with van der Waals surface area (Å²) in [6.45, 7) is 0. The largest absolute Gasteiger partial charge is 0.496 e. The van der Waals surface area contributed by atoms with Crippen LogP contribution in [-0.4, -0.2) is 24.0 Å². The molecule has 21 heavy (non-hydrogen) atoms. The number of unbranched alkanes of at least 4 members (excludes halogenated alkanes) is 2. The summed E-state index contributed by atoms with van der Waals surface area (Å²) in [5.74, 6) is 0.355. The van der Waals surface area contributed by atoms with Gasteiger partial charge in [-0.25, -0.2) is 0 Å². The molecule has 0 amide bonds. The van der Waals surface area contributed by atoms with E-state index in [1.807, 2.05) is 18.2 Å². The number of aliphatic carboxylic acids is 1. The van der Waals surface area contributed by atoms with E-state index in [1.54, 1.807) is 7.11 Å². The van der Waals surface area contributed by atoms with Crippen molar-refractivity contribution >= 4 is 11.8 Å². The molecule has 0 aromatic heterocycles. The lowest BCUT2D eigenvalue weighted by atomic mass is 9.80. The molecule has 0 aliphatic heterocycles. The van der Waals surface area contributed by atoms with Crippen molar-refractivity contribution in [2.75, 3.05) is 7.11 Å². The lowest BCUT2D eigenvalue weighted by Crippen LogP contribution is -2.23. The molecule has 1 aromatic carbocycles. The topological polar surface area (TPSA) is 63.6 Å². The predicted molar refractivity (Wildman–Crippen MR) is 79.9 cm³/mol. The molecule has 1 N–H and O–H groups in total. The van der Waals surface area contributed by atoms with Crippen molar-refractivity contribution in [3.63, 3.8) is 0 Å². The first kappa shape index (κ1) is 15.5. The monoisotopic (exact) mass is 290 g/mol. The van der Waals surface area contributed by atoms with Gasteiger partial charge in [-0.15, -0.1) is 0 Å². The molecule has 1 unspecified atom stereocenters. The van der Waals surface area contributed by atoms with E-state index < -0.39 is 5.97 Å². The fourth-order valence-corrected chi connectivity index (χ4v) is 3.03. The summed E-state index contributed by atoms with van der Waals surface area (Å²) in [5, 5.41) is 8.60. The number of carbonyl (C=O) groups excluding carboxylic acids is 1. The van der Waals surface area contributed by atoms with Crippen LogP contribution in [0.1, 0.15) is 54.4 Å². The van der Waals surface area contributed by atoms with Crippen LogP contribution >= 0.6 is 0 Å². The Balaban J connectivity index is 1.90. The van der Waals surface area contributed by atoms with Crippen molar-refractivity contribution in [1.29, 1.82) is 0 Å². The van der Waals surface area contributed by atoms with Crippen LogP contribution in [0, 0.1) is 5.92 Å². The molecule has 1 atom stereocenters. The molecule has 114 valence electrons. The summed E-state index contributed by atoms with van der Waals surface area (Å²) in [7, 11) is 1.63. The normalized spacial score (nSPS) is 17.4. The molecule has 1 aromatic rings. The third kappa shape index (κ3) is 3.84. The van der Waals surface area contributed by atoms with Crippen molar-refractivity contribution in [1.82, 2.24) is 0 Å². The minimum Gasteiger partial charge on any atom is -0.496 e. The molecule has 0 spiro atoms. The summed E-state index contributed by atoms with van der Waals surface area (Å²) in [6, 6.07) is 5.65. The zero-order valence-corrected chi connectivity index (χ0v) is 12.4. The second-order valence-electron chi connectivity index (χ2n) is 5.58. The maximum Gasteiger partial charge on any atom is 0.303 e. The number of carbonyl (C=O) groups is 2. The molecule has 4 nitrogen and oxygen atoms in total. The Labute approximate surface area is 125 Å². The van der Waals surface area contributed by atoms with Crippen molar-refractivity contribution in [3.05, 3.63) is 29.3 Å². The van der Waals surface area contributed by atoms with E-state index in [2.05, 4.69) is 0 Å². The highest BCUT2D eigenvalue weighted by Crippen LogP contribution is 2.34. The van der Waals surface area contributed by atoms with Crippen molar-refractivity contribution in [3.8, 4) is 5.75 Å². The zero-order chi connectivity index (χ0) is 15.2. The highest BCUT2D eigenvalue weighted by Gasteiger charge is 2.28. The number of rotatable bonds is 7. The minimum atomic E-state index is -0.746. The number of carboxylic acids is 1. The second-order valence-corrected chi connectivity index (χ2v) is 5.58. The molecule has 0 heterocycles. The molecular formula is C17H22O4. The van der Waals surface area contributed by atoms with Crippen LogP contribution in [0.25, 0.3) is 0 Å². The first-order chi connectivity index (χ1) is 10.1. The Bertz CT molecular complexity index is 522. The highest BCUT2D eigenvalue weighted by atomic mass is 16.5. The number of ether oxygens (including phenoxy) is 1. The Morgan fingerprint density at radius 3 is 2.86 bits per heavy atom. The van der Waals surface area contributed by atoms with Gasteiger partial charge in [0.1, 0.15) is 5.75 Å². The molecule has 0 saturated carbocycles. The van der Waals surface area contributed by atoms with Gasteiger partial charge in [-0.3, -0.25) is 9.59 Å². The van der Waals surface area contributed by atoms with Gasteiger partial charge in [0.15, 0.2) is 5.78 Å². The van der Waals surface area contributed by atoms with Crippen LogP contribution in [0.2, 0.25) is 0 Å². The van der Waals surface area contributed by atoms with Crippen molar-refractivity contribution in [2.45, 2.75) is 44.9 Å². The summed E-state index contributed by atoms with van der Waals surface area (Å²) in [5.41, 5.74) is 1.84. The predicted octanol–water partition coefficient (Wildman–Crippen LogP) is 3.48. The quantitative estimate of drug-likeness (QED) is 0.781. The molecule has 1 aliphatic rings. The van der Waals surface area contributed by atoms with Crippen molar-refractivity contribution < 1.29 is 19.4 Å². The lowest BCUT2D eigenvalue weighted by molar-refractivity contribution is -0.137. The van der Waals surface area contributed by atoms with E-state index in [0.29, 0.717) is 6.42 Å². The van der Waals surface area contributed by atoms with E-state index >= 15 is 0 Å². The minimum absolute atomic E-state index is 0.0782. The van der Waals surface area contributed by atoms with Gasteiger partial charge in [0.2, 0.25) is 0 Å². The number of fused-ring (bicyclic) bond motifs is 1. The molecule has 1 aliphatic carbocycles. The lowest BCUT2D eigenvalue weighted by Gasteiger charge is -2.24. The molecular weight excluding hydrogens is 268 g/mol. The molecule has 0 fully saturated rings. The zero-order valence-electron chi connectivity index (χ0n) is 12.4. The smallest absolute Gasteiger partial charge is 0.303 e. The van der Waals surface area contributed by atoms with Crippen molar-refractivity contribution in [2.24, 2.45) is 5.92 Å². The second kappa shape index (κ2) is 7.25. The van der Waals surface area contributed by atoms with Gasteiger partial charge in [-0.2, -0.15) is 0 Å². The summed E-state index contributed by atoms with van der Waals surface area (Å²) in [6.07, 6.45) is 5.31. The number of carboxylic acid groups (broad SMARTS) is 1. The van der Waals surface area contributed by atoms with E-state index in [0.717, 1.165) is 49.0 Å². The van der Waals surface area contributed by atoms with Crippen LogP contribution in [-0.2, 0) is 11.2 Å².